The van der Waals surface area contributed by atoms with Crippen LogP contribution in [0.4, 0.5) is 5.82 Å². The summed E-state index contributed by atoms with van der Waals surface area (Å²) in [5, 5.41) is 17.1. The van der Waals surface area contributed by atoms with Crippen LogP contribution < -0.4 is 5.32 Å². The van der Waals surface area contributed by atoms with Crippen molar-refractivity contribution in [1.29, 1.82) is 0 Å². The number of aliphatic hydroxyl groups is 1. The number of halogens is 2. The fourth-order valence-corrected chi connectivity index (χ4v) is 2.84. The van der Waals surface area contributed by atoms with Gasteiger partial charge in [0, 0.05) is 32.8 Å². The van der Waals surface area contributed by atoms with E-state index in [0.29, 0.717) is 35.4 Å². The minimum atomic E-state index is -0.138. The molecule has 1 aromatic carbocycles. The van der Waals surface area contributed by atoms with Gasteiger partial charge in [0.25, 0.3) is 0 Å². The highest BCUT2D eigenvalue weighted by molar-refractivity contribution is 6.42. The second kappa shape index (κ2) is 9.20. The van der Waals surface area contributed by atoms with Crippen LogP contribution in [0.2, 0.25) is 10.0 Å². The van der Waals surface area contributed by atoms with Gasteiger partial charge in [0.05, 0.1) is 22.3 Å². The van der Waals surface area contributed by atoms with Crippen molar-refractivity contribution in [3.05, 3.63) is 45.6 Å². The molecule has 0 aliphatic rings. The number of aryl methyl sites for hydroxylation is 2. The summed E-state index contributed by atoms with van der Waals surface area (Å²) in [7, 11) is 1.78. The molecule has 0 aliphatic heterocycles. The Balaban J connectivity index is 2.01. The first kappa shape index (κ1) is 19.7. The summed E-state index contributed by atoms with van der Waals surface area (Å²) in [5.74, 6) is 0.514. The number of hydrogen-bond donors (Lipinski definition) is 2. The van der Waals surface area contributed by atoms with E-state index in [2.05, 4.69) is 10.4 Å². The Kier molecular flexibility index (Phi) is 7.25. The van der Waals surface area contributed by atoms with E-state index < -0.39 is 0 Å². The first-order valence-corrected chi connectivity index (χ1v) is 8.72. The number of hydrogen-bond acceptors (Lipinski definition) is 4. The van der Waals surface area contributed by atoms with E-state index in [0.717, 1.165) is 11.3 Å². The van der Waals surface area contributed by atoms with E-state index in [1.165, 1.54) is 0 Å². The molecule has 0 atom stereocenters. The zero-order valence-corrected chi connectivity index (χ0v) is 15.8. The lowest BCUT2D eigenvalue weighted by molar-refractivity contribution is -0.117. The zero-order chi connectivity index (χ0) is 18.4. The van der Waals surface area contributed by atoms with Crippen molar-refractivity contribution in [3.63, 3.8) is 0 Å². The average Bonchev–Trinajstić information content (AvgIpc) is 2.86. The molecule has 0 spiro atoms. The van der Waals surface area contributed by atoms with Crippen molar-refractivity contribution in [2.24, 2.45) is 7.05 Å². The number of amides is 1. The molecular weight excluding hydrogens is 363 g/mol. The lowest BCUT2D eigenvalue weighted by atomic mass is 10.2. The lowest BCUT2D eigenvalue weighted by Gasteiger charge is -2.21. The Morgan fingerprint density at radius 1 is 1.32 bits per heavy atom. The van der Waals surface area contributed by atoms with Crippen molar-refractivity contribution >= 4 is 34.9 Å². The van der Waals surface area contributed by atoms with Crippen LogP contribution in [0.1, 0.15) is 17.7 Å². The maximum absolute atomic E-state index is 12.4. The molecule has 0 aliphatic carbocycles. The number of carbonyl (C=O) groups is 1. The molecule has 1 amide bonds. The highest BCUT2D eigenvalue weighted by atomic mass is 35.5. The molecule has 0 bridgehead atoms. The van der Waals surface area contributed by atoms with E-state index >= 15 is 0 Å². The van der Waals surface area contributed by atoms with Crippen LogP contribution in [0.15, 0.2) is 24.3 Å². The summed E-state index contributed by atoms with van der Waals surface area (Å²) < 4.78 is 1.63. The predicted octanol–water partition coefficient (Wildman–Crippen LogP) is 2.86. The molecule has 0 saturated carbocycles. The van der Waals surface area contributed by atoms with Gasteiger partial charge >= 0.3 is 0 Å². The first-order valence-electron chi connectivity index (χ1n) is 7.96. The molecule has 0 saturated heterocycles. The molecule has 0 fully saturated rings. The summed E-state index contributed by atoms with van der Waals surface area (Å²) in [6.45, 7) is 3.27. The van der Waals surface area contributed by atoms with Gasteiger partial charge in [0.15, 0.2) is 0 Å². The van der Waals surface area contributed by atoms with Gasteiger partial charge in [0.2, 0.25) is 5.91 Å². The number of aliphatic hydroxyl groups excluding tert-OH is 1. The maximum atomic E-state index is 12.4. The van der Waals surface area contributed by atoms with Crippen molar-refractivity contribution in [1.82, 2.24) is 14.7 Å². The van der Waals surface area contributed by atoms with Crippen LogP contribution in [0.5, 0.6) is 0 Å². The van der Waals surface area contributed by atoms with Gasteiger partial charge < -0.3 is 10.4 Å². The molecule has 2 N–H and O–H groups in total. The Morgan fingerprint density at radius 2 is 2.08 bits per heavy atom. The van der Waals surface area contributed by atoms with Gasteiger partial charge in [-0.1, -0.05) is 29.3 Å². The lowest BCUT2D eigenvalue weighted by Crippen LogP contribution is -2.34. The third kappa shape index (κ3) is 6.01. The minimum Gasteiger partial charge on any atom is -0.396 e. The fraction of sp³-hybridized carbons (Fsp3) is 0.412. The molecule has 25 heavy (non-hydrogen) atoms. The SMILES string of the molecule is Cc1cc(NC(=O)CN(CCCO)Cc2ccc(Cl)c(Cl)c2)n(C)n1. The molecule has 0 unspecified atom stereocenters. The van der Waals surface area contributed by atoms with Crippen molar-refractivity contribution < 1.29 is 9.90 Å². The number of rotatable bonds is 8. The zero-order valence-electron chi connectivity index (χ0n) is 14.3. The number of anilines is 1. The molecule has 6 nitrogen and oxygen atoms in total. The Hall–Kier alpha value is -1.60. The van der Waals surface area contributed by atoms with Crippen molar-refractivity contribution in [3.8, 4) is 0 Å². The van der Waals surface area contributed by atoms with Crippen molar-refractivity contribution in [2.45, 2.75) is 19.9 Å². The third-order valence-electron chi connectivity index (χ3n) is 3.66. The Bertz CT molecular complexity index is 733. The Morgan fingerprint density at radius 3 is 2.68 bits per heavy atom. The topological polar surface area (TPSA) is 70.4 Å². The van der Waals surface area contributed by atoms with Gasteiger partial charge in [-0.3, -0.25) is 14.4 Å². The molecule has 1 aromatic heterocycles. The quantitative estimate of drug-likeness (QED) is 0.733. The molecule has 2 rings (SSSR count). The highest BCUT2D eigenvalue weighted by Gasteiger charge is 2.14. The molecule has 1 heterocycles. The smallest absolute Gasteiger partial charge is 0.239 e. The van der Waals surface area contributed by atoms with Crippen LogP contribution in [0.25, 0.3) is 0 Å². The summed E-state index contributed by atoms with van der Waals surface area (Å²) in [4.78, 5) is 14.3. The second-order valence-corrected chi connectivity index (χ2v) is 6.69. The van der Waals surface area contributed by atoms with Gasteiger partial charge in [0.1, 0.15) is 5.82 Å². The van der Waals surface area contributed by atoms with E-state index in [4.69, 9.17) is 28.3 Å². The van der Waals surface area contributed by atoms with Crippen LogP contribution in [-0.2, 0) is 18.4 Å². The van der Waals surface area contributed by atoms with E-state index in [9.17, 15) is 4.79 Å². The van der Waals surface area contributed by atoms with E-state index in [-0.39, 0.29) is 19.1 Å². The Labute approximate surface area is 157 Å². The monoisotopic (exact) mass is 384 g/mol. The number of benzene rings is 1. The van der Waals surface area contributed by atoms with Gasteiger partial charge in [-0.2, -0.15) is 5.10 Å². The number of aromatic nitrogens is 2. The number of nitrogens with zero attached hydrogens (tertiary/aromatic N) is 3. The normalized spacial score (nSPS) is 11.1. The summed E-state index contributed by atoms with van der Waals surface area (Å²) in [5.41, 5.74) is 1.79. The van der Waals surface area contributed by atoms with E-state index in [1.54, 1.807) is 23.9 Å². The number of carbonyl (C=O) groups excluding carboxylic acids is 1. The maximum Gasteiger partial charge on any atom is 0.239 e. The molecule has 136 valence electrons. The minimum absolute atomic E-state index is 0.0699. The summed E-state index contributed by atoms with van der Waals surface area (Å²) in [6, 6.07) is 7.22. The second-order valence-electron chi connectivity index (χ2n) is 5.88. The van der Waals surface area contributed by atoms with Crippen molar-refractivity contribution in [2.75, 3.05) is 25.0 Å². The molecular formula is C17H22Cl2N4O2. The van der Waals surface area contributed by atoms with Crippen LogP contribution in [0, 0.1) is 6.92 Å². The van der Waals surface area contributed by atoms with Crippen LogP contribution in [0.3, 0.4) is 0 Å². The largest absolute Gasteiger partial charge is 0.396 e. The first-order chi connectivity index (χ1) is 11.9. The standard InChI is InChI=1S/C17H22Cl2N4O2/c1-12-8-16(22(2)21-12)20-17(25)11-23(6-3-7-24)10-13-4-5-14(18)15(19)9-13/h4-5,8-9,24H,3,6-7,10-11H2,1-2H3,(H,20,25). The van der Waals surface area contributed by atoms with Gasteiger partial charge in [-0.05, 0) is 31.0 Å². The third-order valence-corrected chi connectivity index (χ3v) is 4.40. The molecule has 8 heteroatoms. The average molecular weight is 385 g/mol. The molecule has 0 radical (unpaired) electrons. The highest BCUT2D eigenvalue weighted by Crippen LogP contribution is 2.23. The van der Waals surface area contributed by atoms with Crippen LogP contribution >= 0.6 is 23.2 Å². The van der Waals surface area contributed by atoms with E-state index in [1.807, 2.05) is 24.0 Å². The predicted molar refractivity (Wildman–Crippen MR) is 100 cm³/mol. The number of nitrogens with one attached hydrogen (secondary N) is 1. The molecule has 2 aromatic rings. The van der Waals surface area contributed by atoms with Gasteiger partial charge in [-0.15, -0.1) is 0 Å². The van der Waals surface area contributed by atoms with Crippen LogP contribution in [-0.4, -0.2) is 45.4 Å². The summed E-state index contributed by atoms with van der Waals surface area (Å²) in [6.07, 6.45) is 0.583. The van der Waals surface area contributed by atoms with Gasteiger partial charge in [-0.25, -0.2) is 0 Å². The fourth-order valence-electron chi connectivity index (χ4n) is 2.52. The summed E-state index contributed by atoms with van der Waals surface area (Å²) >= 11 is 12.0.